The van der Waals surface area contributed by atoms with E-state index in [1.807, 2.05) is 0 Å². The van der Waals surface area contributed by atoms with Crippen LogP contribution in [0, 0.1) is 6.92 Å². The molecule has 0 aliphatic heterocycles. The molecule has 1 unspecified atom stereocenters. The lowest BCUT2D eigenvalue weighted by molar-refractivity contribution is 0.629. The first-order valence-electron chi connectivity index (χ1n) is 15.5. The Bertz CT molecular complexity index is 2250. The molecule has 1 aromatic heterocycles. The summed E-state index contributed by atoms with van der Waals surface area (Å²) in [5.41, 5.74) is 12.1. The quantitative estimate of drug-likeness (QED) is 0.186. The standard InChI is InChI=1S/C42H34O/c1-4-12-27(3)39-36(32-16-9-8-13-26(32)2)25-37-34-18-11-10-17-33(34)35-23-31(24-38-40(35)41(37)42(39)43-38)30-21-19-29(20-22-30)28-14-6-5-7-15-28/h5-11,13-25,27H,4,12H2,1-3H3. The second-order valence-electron chi connectivity index (χ2n) is 12.1. The molecule has 0 N–H and O–H groups in total. The van der Waals surface area contributed by atoms with Crippen molar-refractivity contribution in [2.24, 2.45) is 0 Å². The van der Waals surface area contributed by atoms with Crippen LogP contribution in [0.5, 0.6) is 0 Å². The van der Waals surface area contributed by atoms with Gasteiger partial charge in [0.15, 0.2) is 0 Å². The minimum Gasteiger partial charge on any atom is -0.456 e. The lowest BCUT2D eigenvalue weighted by atomic mass is 9.83. The average Bonchev–Trinajstić information content (AvgIpc) is 3.44. The van der Waals surface area contributed by atoms with Crippen molar-refractivity contribution >= 4 is 43.5 Å². The summed E-state index contributed by atoms with van der Waals surface area (Å²) in [5, 5.41) is 7.61. The van der Waals surface area contributed by atoms with E-state index in [0.29, 0.717) is 5.92 Å². The van der Waals surface area contributed by atoms with Gasteiger partial charge in [0, 0.05) is 16.3 Å². The molecule has 0 aliphatic carbocycles. The van der Waals surface area contributed by atoms with Gasteiger partial charge in [-0.2, -0.15) is 0 Å². The molecule has 0 saturated carbocycles. The molecule has 0 fully saturated rings. The molecular formula is C42H34O. The van der Waals surface area contributed by atoms with Crippen LogP contribution < -0.4 is 0 Å². The van der Waals surface area contributed by atoms with E-state index >= 15 is 0 Å². The van der Waals surface area contributed by atoms with Gasteiger partial charge < -0.3 is 4.42 Å². The Balaban J connectivity index is 1.44. The lowest BCUT2D eigenvalue weighted by Gasteiger charge is -2.20. The number of hydrogen-bond donors (Lipinski definition) is 0. The molecule has 8 rings (SSSR count). The Labute approximate surface area is 252 Å². The molecule has 1 heteroatoms. The molecule has 0 spiro atoms. The van der Waals surface area contributed by atoms with Crippen LogP contribution in [0.3, 0.4) is 0 Å². The first-order valence-corrected chi connectivity index (χ1v) is 15.5. The highest BCUT2D eigenvalue weighted by Gasteiger charge is 2.26. The van der Waals surface area contributed by atoms with Gasteiger partial charge in [0.2, 0.25) is 0 Å². The van der Waals surface area contributed by atoms with Gasteiger partial charge in [0.1, 0.15) is 11.2 Å². The van der Waals surface area contributed by atoms with Crippen molar-refractivity contribution in [3.8, 4) is 33.4 Å². The molecule has 0 aliphatic rings. The first-order chi connectivity index (χ1) is 21.1. The smallest absolute Gasteiger partial charge is 0.140 e. The van der Waals surface area contributed by atoms with Crippen molar-refractivity contribution in [3.05, 3.63) is 132 Å². The predicted octanol–water partition coefficient (Wildman–Crippen LogP) is 12.5. The van der Waals surface area contributed by atoms with Crippen molar-refractivity contribution in [3.63, 3.8) is 0 Å². The summed E-state index contributed by atoms with van der Waals surface area (Å²) in [7, 11) is 0. The van der Waals surface area contributed by atoms with Crippen LogP contribution in [0.1, 0.15) is 43.7 Å². The normalized spacial score (nSPS) is 12.6. The highest BCUT2D eigenvalue weighted by Crippen LogP contribution is 2.49. The molecule has 0 amide bonds. The molecule has 1 nitrogen and oxygen atoms in total. The number of aryl methyl sites for hydroxylation is 1. The number of fused-ring (bicyclic) bond motifs is 3. The van der Waals surface area contributed by atoms with Crippen LogP contribution in [-0.2, 0) is 0 Å². The largest absolute Gasteiger partial charge is 0.456 e. The van der Waals surface area contributed by atoms with E-state index in [0.717, 1.165) is 24.0 Å². The fourth-order valence-electron chi connectivity index (χ4n) is 7.29. The van der Waals surface area contributed by atoms with Gasteiger partial charge in [-0.25, -0.2) is 0 Å². The minimum atomic E-state index is 0.375. The predicted molar refractivity (Wildman–Crippen MR) is 184 cm³/mol. The summed E-state index contributed by atoms with van der Waals surface area (Å²) in [6, 6.07) is 44.3. The molecule has 43 heavy (non-hydrogen) atoms. The van der Waals surface area contributed by atoms with Gasteiger partial charge >= 0.3 is 0 Å². The molecule has 1 atom stereocenters. The van der Waals surface area contributed by atoms with Crippen molar-refractivity contribution in [1.29, 1.82) is 0 Å². The molecule has 0 bridgehead atoms. The monoisotopic (exact) mass is 554 g/mol. The molecule has 8 aromatic rings. The summed E-state index contributed by atoms with van der Waals surface area (Å²) in [4.78, 5) is 0. The van der Waals surface area contributed by atoms with E-state index in [2.05, 4.69) is 142 Å². The Morgan fingerprint density at radius 1 is 0.558 bits per heavy atom. The highest BCUT2D eigenvalue weighted by molar-refractivity contribution is 6.34. The Morgan fingerprint density at radius 3 is 1.86 bits per heavy atom. The van der Waals surface area contributed by atoms with E-state index < -0.39 is 0 Å². The van der Waals surface area contributed by atoms with Crippen LogP contribution in [0.4, 0.5) is 0 Å². The van der Waals surface area contributed by atoms with Crippen LogP contribution in [0.2, 0.25) is 0 Å². The van der Waals surface area contributed by atoms with Crippen molar-refractivity contribution in [2.45, 2.75) is 39.5 Å². The molecule has 0 radical (unpaired) electrons. The summed E-state index contributed by atoms with van der Waals surface area (Å²) in [6.45, 7) is 6.87. The maximum atomic E-state index is 7.04. The maximum absolute atomic E-state index is 7.04. The van der Waals surface area contributed by atoms with Crippen LogP contribution in [0.25, 0.3) is 76.9 Å². The first kappa shape index (κ1) is 25.8. The second kappa shape index (κ2) is 10.1. The molecule has 0 saturated heterocycles. The lowest BCUT2D eigenvalue weighted by Crippen LogP contribution is -1.99. The SMILES string of the molecule is CCCC(C)c1c(-c2ccccc2C)cc2c3ccccc3c3cc(-c4ccc(-c5ccccc5)cc4)cc4oc1c2c43. The van der Waals surface area contributed by atoms with E-state index in [1.165, 1.54) is 76.8 Å². The third-order valence-corrected chi connectivity index (χ3v) is 9.37. The fraction of sp³-hybridized carbons (Fsp3) is 0.143. The third-order valence-electron chi connectivity index (χ3n) is 9.37. The Hall–Kier alpha value is -4.88. The zero-order chi connectivity index (χ0) is 29.1. The number of rotatable bonds is 6. The highest BCUT2D eigenvalue weighted by atomic mass is 16.3. The van der Waals surface area contributed by atoms with Crippen molar-refractivity contribution in [2.75, 3.05) is 0 Å². The van der Waals surface area contributed by atoms with Gasteiger partial charge in [0.05, 0.1) is 0 Å². The zero-order valence-corrected chi connectivity index (χ0v) is 24.9. The van der Waals surface area contributed by atoms with Gasteiger partial charge in [-0.05, 0) is 98.0 Å². The van der Waals surface area contributed by atoms with Gasteiger partial charge in [0.25, 0.3) is 0 Å². The van der Waals surface area contributed by atoms with Gasteiger partial charge in [-0.1, -0.05) is 123 Å². The summed E-state index contributed by atoms with van der Waals surface area (Å²) < 4.78 is 7.04. The van der Waals surface area contributed by atoms with E-state index in [1.54, 1.807) is 0 Å². The summed E-state index contributed by atoms with van der Waals surface area (Å²) >= 11 is 0. The molecule has 7 aromatic carbocycles. The number of hydrogen-bond acceptors (Lipinski definition) is 1. The molecular weight excluding hydrogens is 520 g/mol. The van der Waals surface area contributed by atoms with Crippen molar-refractivity contribution < 1.29 is 4.42 Å². The van der Waals surface area contributed by atoms with Crippen LogP contribution >= 0.6 is 0 Å². The van der Waals surface area contributed by atoms with Crippen molar-refractivity contribution in [1.82, 2.24) is 0 Å². The van der Waals surface area contributed by atoms with E-state index in [4.69, 9.17) is 4.42 Å². The minimum absolute atomic E-state index is 0.375. The average molecular weight is 555 g/mol. The van der Waals surface area contributed by atoms with Gasteiger partial charge in [-0.3, -0.25) is 0 Å². The van der Waals surface area contributed by atoms with Crippen LogP contribution in [0.15, 0.2) is 126 Å². The van der Waals surface area contributed by atoms with E-state index in [-0.39, 0.29) is 0 Å². The topological polar surface area (TPSA) is 13.1 Å². The van der Waals surface area contributed by atoms with Crippen LogP contribution in [-0.4, -0.2) is 0 Å². The second-order valence-corrected chi connectivity index (χ2v) is 12.1. The number of benzene rings is 7. The fourth-order valence-corrected chi connectivity index (χ4v) is 7.29. The summed E-state index contributed by atoms with van der Waals surface area (Å²) in [6.07, 6.45) is 2.25. The Morgan fingerprint density at radius 2 is 1.16 bits per heavy atom. The van der Waals surface area contributed by atoms with Gasteiger partial charge in [-0.15, -0.1) is 0 Å². The third kappa shape index (κ3) is 4.07. The van der Waals surface area contributed by atoms with E-state index in [9.17, 15) is 0 Å². The molecule has 1 heterocycles. The molecule has 208 valence electrons. The Kier molecular flexibility index (Phi) is 6.08. The summed E-state index contributed by atoms with van der Waals surface area (Å²) in [5.74, 6) is 0.375. The zero-order valence-electron chi connectivity index (χ0n) is 24.9. The maximum Gasteiger partial charge on any atom is 0.140 e. The number of furan rings is 1.